The summed E-state index contributed by atoms with van der Waals surface area (Å²) in [6.07, 6.45) is 4.48. The molecule has 1 aliphatic heterocycles. The van der Waals surface area contributed by atoms with Gasteiger partial charge in [-0.05, 0) is 63.3 Å². The van der Waals surface area contributed by atoms with Crippen LogP contribution >= 0.6 is 0 Å². The van der Waals surface area contributed by atoms with Crippen LogP contribution in [0.5, 0.6) is 0 Å². The maximum atomic E-state index is 13.2. The highest BCUT2D eigenvalue weighted by Crippen LogP contribution is 2.20. The van der Waals surface area contributed by atoms with Crippen LogP contribution < -0.4 is 0 Å². The highest BCUT2D eigenvalue weighted by molar-refractivity contribution is 5.91. The number of halogens is 1. The van der Waals surface area contributed by atoms with Crippen molar-refractivity contribution in [1.29, 1.82) is 0 Å². The van der Waals surface area contributed by atoms with Gasteiger partial charge in [-0.3, -0.25) is 4.79 Å². The van der Waals surface area contributed by atoms with Gasteiger partial charge in [0.2, 0.25) is 5.91 Å². The first kappa shape index (κ1) is 20.9. The molecule has 0 unspecified atom stereocenters. The van der Waals surface area contributed by atoms with Gasteiger partial charge in [0.25, 0.3) is 0 Å². The van der Waals surface area contributed by atoms with E-state index in [1.165, 1.54) is 18.2 Å². The number of rotatable bonds is 4. The van der Waals surface area contributed by atoms with Crippen LogP contribution in [0.3, 0.4) is 0 Å². The van der Waals surface area contributed by atoms with Crippen LogP contribution in [-0.2, 0) is 9.53 Å². The number of hydrogen-bond acceptors (Lipinski definition) is 3. The maximum absolute atomic E-state index is 13.2. The number of benzene rings is 1. The predicted molar refractivity (Wildman–Crippen MR) is 104 cm³/mol. The predicted octanol–water partition coefficient (Wildman–Crippen LogP) is 3.94. The largest absolute Gasteiger partial charge is 0.444 e. The van der Waals surface area contributed by atoms with Gasteiger partial charge in [0, 0.05) is 32.8 Å². The molecular formula is C21H29FN2O3. The van der Waals surface area contributed by atoms with E-state index in [4.69, 9.17) is 4.74 Å². The van der Waals surface area contributed by atoms with Gasteiger partial charge in [-0.1, -0.05) is 12.1 Å². The summed E-state index contributed by atoms with van der Waals surface area (Å²) < 4.78 is 18.5. The lowest BCUT2D eigenvalue weighted by Crippen LogP contribution is -2.42. The van der Waals surface area contributed by atoms with Crippen molar-refractivity contribution in [2.75, 3.05) is 26.7 Å². The molecule has 1 heterocycles. The van der Waals surface area contributed by atoms with Crippen molar-refractivity contribution in [3.05, 3.63) is 41.7 Å². The lowest BCUT2D eigenvalue weighted by atomic mass is 9.96. The summed E-state index contributed by atoms with van der Waals surface area (Å²) in [5, 5.41) is 0. The Labute approximate surface area is 160 Å². The summed E-state index contributed by atoms with van der Waals surface area (Å²) in [5.74, 6) is -0.0449. The van der Waals surface area contributed by atoms with Gasteiger partial charge in [-0.25, -0.2) is 9.18 Å². The number of likely N-dealkylation sites (tertiary alicyclic amines) is 1. The molecule has 0 N–H and O–H groups in total. The Balaban J connectivity index is 1.79. The number of nitrogens with zero attached hydrogens (tertiary/aromatic N) is 2. The Morgan fingerprint density at radius 1 is 1.30 bits per heavy atom. The van der Waals surface area contributed by atoms with Crippen LogP contribution in [0.1, 0.15) is 39.2 Å². The van der Waals surface area contributed by atoms with Gasteiger partial charge >= 0.3 is 6.09 Å². The van der Waals surface area contributed by atoms with E-state index < -0.39 is 5.60 Å². The van der Waals surface area contributed by atoms with Crippen molar-refractivity contribution in [3.8, 4) is 0 Å². The van der Waals surface area contributed by atoms with Gasteiger partial charge < -0.3 is 14.5 Å². The molecule has 0 spiro atoms. The smallest absolute Gasteiger partial charge is 0.410 e. The van der Waals surface area contributed by atoms with E-state index in [0.29, 0.717) is 31.1 Å². The second-order valence-electron chi connectivity index (χ2n) is 8.02. The molecule has 5 nitrogen and oxygen atoms in total. The Bertz CT molecular complexity index is 689. The molecule has 148 valence electrons. The molecule has 1 saturated heterocycles. The van der Waals surface area contributed by atoms with Gasteiger partial charge in [-0.2, -0.15) is 0 Å². The zero-order valence-corrected chi connectivity index (χ0v) is 16.6. The van der Waals surface area contributed by atoms with Crippen LogP contribution in [0.25, 0.3) is 6.08 Å². The summed E-state index contributed by atoms with van der Waals surface area (Å²) in [7, 11) is 1.74. The van der Waals surface area contributed by atoms with Crippen LogP contribution in [0.15, 0.2) is 30.3 Å². The average Bonchev–Trinajstić information content (AvgIpc) is 2.59. The van der Waals surface area contributed by atoms with E-state index in [-0.39, 0.29) is 17.8 Å². The van der Waals surface area contributed by atoms with E-state index >= 15 is 0 Å². The minimum atomic E-state index is -0.505. The average molecular weight is 376 g/mol. The Hall–Kier alpha value is -2.37. The summed E-state index contributed by atoms with van der Waals surface area (Å²) in [4.78, 5) is 27.8. The Morgan fingerprint density at radius 2 is 1.96 bits per heavy atom. The van der Waals surface area contributed by atoms with Crippen LogP contribution in [0.4, 0.5) is 9.18 Å². The van der Waals surface area contributed by atoms with Gasteiger partial charge in [0.1, 0.15) is 11.4 Å². The zero-order chi connectivity index (χ0) is 20.0. The molecule has 1 aromatic carbocycles. The minimum absolute atomic E-state index is 0.0711. The molecule has 0 saturated carbocycles. The molecule has 1 aromatic rings. The lowest BCUT2D eigenvalue weighted by molar-refractivity contribution is -0.127. The quantitative estimate of drug-likeness (QED) is 0.748. The standard InChI is InChI=1S/C21H29FN2O3/c1-21(2,3)27-20(26)23(4)15-17-10-12-24(13-11-17)19(25)9-8-16-6-5-7-18(22)14-16/h5-9,14,17H,10-13,15H2,1-4H3/b9-8+. The molecule has 0 aromatic heterocycles. The third-order valence-electron chi connectivity index (χ3n) is 4.43. The highest BCUT2D eigenvalue weighted by atomic mass is 19.1. The van der Waals surface area contributed by atoms with Crippen molar-refractivity contribution in [2.45, 2.75) is 39.2 Å². The van der Waals surface area contributed by atoms with Crippen molar-refractivity contribution in [3.63, 3.8) is 0 Å². The summed E-state index contributed by atoms with van der Waals surface area (Å²) in [5.41, 5.74) is 0.159. The van der Waals surface area contributed by atoms with E-state index in [2.05, 4.69) is 0 Å². The fourth-order valence-corrected chi connectivity index (χ4v) is 3.02. The third-order valence-corrected chi connectivity index (χ3v) is 4.43. The van der Waals surface area contributed by atoms with Gasteiger partial charge in [0.05, 0.1) is 0 Å². The summed E-state index contributed by atoms with van der Waals surface area (Å²) in [6.45, 7) is 7.47. The second-order valence-corrected chi connectivity index (χ2v) is 8.02. The van der Waals surface area contributed by atoms with Crippen molar-refractivity contribution in [1.82, 2.24) is 9.80 Å². The Morgan fingerprint density at radius 3 is 2.56 bits per heavy atom. The molecule has 0 atom stereocenters. The normalized spacial score (nSPS) is 15.8. The van der Waals surface area contributed by atoms with Crippen LogP contribution in [0, 0.1) is 11.7 Å². The van der Waals surface area contributed by atoms with E-state index in [9.17, 15) is 14.0 Å². The van der Waals surface area contributed by atoms with E-state index in [1.54, 1.807) is 35.1 Å². The molecule has 6 heteroatoms. The molecule has 0 aliphatic carbocycles. The van der Waals surface area contributed by atoms with Crippen molar-refractivity contribution >= 4 is 18.1 Å². The molecule has 27 heavy (non-hydrogen) atoms. The number of carbonyl (C=O) groups is 2. The first-order chi connectivity index (χ1) is 12.6. The van der Waals surface area contributed by atoms with Crippen LogP contribution in [-0.4, -0.2) is 54.1 Å². The van der Waals surface area contributed by atoms with Gasteiger partial charge in [0.15, 0.2) is 0 Å². The zero-order valence-electron chi connectivity index (χ0n) is 16.6. The molecule has 0 radical (unpaired) electrons. The SMILES string of the molecule is CN(CC1CCN(C(=O)/C=C/c2cccc(F)c2)CC1)C(=O)OC(C)(C)C. The molecule has 0 bridgehead atoms. The fraction of sp³-hybridized carbons (Fsp3) is 0.524. The molecule has 2 rings (SSSR count). The third kappa shape index (κ3) is 7.04. The lowest BCUT2D eigenvalue weighted by Gasteiger charge is -2.34. The molecule has 2 amide bonds. The number of piperidine rings is 1. The maximum Gasteiger partial charge on any atom is 0.410 e. The topological polar surface area (TPSA) is 49.9 Å². The van der Waals surface area contributed by atoms with E-state index in [0.717, 1.165) is 12.8 Å². The minimum Gasteiger partial charge on any atom is -0.444 e. The summed E-state index contributed by atoms with van der Waals surface area (Å²) in [6, 6.07) is 6.14. The fourth-order valence-electron chi connectivity index (χ4n) is 3.02. The Kier molecular flexibility index (Phi) is 6.99. The number of hydrogen-bond donors (Lipinski definition) is 0. The van der Waals surface area contributed by atoms with E-state index in [1.807, 2.05) is 20.8 Å². The van der Waals surface area contributed by atoms with Gasteiger partial charge in [-0.15, -0.1) is 0 Å². The summed E-state index contributed by atoms with van der Waals surface area (Å²) >= 11 is 0. The monoisotopic (exact) mass is 376 g/mol. The number of amides is 2. The second kappa shape index (κ2) is 9.02. The highest BCUT2D eigenvalue weighted by Gasteiger charge is 2.26. The molecule has 1 aliphatic rings. The van der Waals surface area contributed by atoms with Crippen LogP contribution in [0.2, 0.25) is 0 Å². The first-order valence-corrected chi connectivity index (χ1v) is 9.31. The van der Waals surface area contributed by atoms with Crippen molar-refractivity contribution in [2.24, 2.45) is 5.92 Å². The molecule has 1 fully saturated rings. The van der Waals surface area contributed by atoms with Crippen molar-refractivity contribution < 1.29 is 18.7 Å². The number of ether oxygens (including phenoxy) is 1. The molecular weight excluding hydrogens is 347 g/mol. The number of carbonyl (C=O) groups excluding carboxylic acids is 2. The first-order valence-electron chi connectivity index (χ1n) is 9.31.